The number of nitrogens with zero attached hydrogens (tertiary/aromatic N) is 3. The maximum absolute atomic E-state index is 13.6. The van der Waals surface area contributed by atoms with E-state index >= 15 is 0 Å². The molecule has 5 rings (SSSR count). The highest BCUT2D eigenvalue weighted by molar-refractivity contribution is 5.95. The van der Waals surface area contributed by atoms with Gasteiger partial charge in [0, 0.05) is 51.1 Å². The summed E-state index contributed by atoms with van der Waals surface area (Å²) in [5.41, 5.74) is -2.22. The van der Waals surface area contributed by atoms with E-state index in [-0.39, 0.29) is 41.9 Å². The molecule has 1 unspecified atom stereocenters. The number of benzene rings is 2. The van der Waals surface area contributed by atoms with E-state index < -0.39 is 41.7 Å². The summed E-state index contributed by atoms with van der Waals surface area (Å²) < 4.78 is 87.1. The predicted octanol–water partition coefficient (Wildman–Crippen LogP) is 6.04. The molecule has 3 atom stereocenters. The number of carbonyl (C=O) groups excluding carboxylic acids is 3. The SMILES string of the molecule is C[C@@H](OC1CCN(C(=O)C2CCN(C(=O)N3CCNC3=O)CC2)C[C@H]1c1ccccc1)c1cc(C(F)(F)F)cc(C(F)(F)F)c1. The molecule has 0 aliphatic carbocycles. The maximum Gasteiger partial charge on any atom is 0.416 e. The molecule has 0 saturated carbocycles. The molecule has 3 heterocycles. The van der Waals surface area contributed by atoms with Crippen LogP contribution >= 0.6 is 0 Å². The van der Waals surface area contributed by atoms with E-state index in [1.807, 2.05) is 30.3 Å². The first-order chi connectivity index (χ1) is 21.2. The summed E-state index contributed by atoms with van der Waals surface area (Å²) in [6.07, 6.45) is -10.4. The van der Waals surface area contributed by atoms with Gasteiger partial charge in [0.1, 0.15) is 0 Å². The van der Waals surface area contributed by atoms with Crippen molar-refractivity contribution in [1.29, 1.82) is 0 Å². The van der Waals surface area contributed by atoms with Crippen LogP contribution in [0.2, 0.25) is 0 Å². The quantitative estimate of drug-likeness (QED) is 0.404. The molecular weight excluding hydrogens is 606 g/mol. The number of likely N-dealkylation sites (tertiary alicyclic amines) is 2. The van der Waals surface area contributed by atoms with Crippen LogP contribution in [0.1, 0.15) is 60.5 Å². The van der Waals surface area contributed by atoms with Crippen molar-refractivity contribution in [3.63, 3.8) is 0 Å². The largest absolute Gasteiger partial charge is 0.416 e. The van der Waals surface area contributed by atoms with Gasteiger partial charge in [0.25, 0.3) is 0 Å². The third-order valence-corrected chi connectivity index (χ3v) is 8.75. The van der Waals surface area contributed by atoms with Gasteiger partial charge in [-0.25, -0.2) is 14.5 Å². The Balaban J connectivity index is 1.28. The molecule has 14 heteroatoms. The average molecular weight is 641 g/mol. The molecule has 2 aromatic carbocycles. The van der Waals surface area contributed by atoms with Crippen LogP contribution < -0.4 is 5.32 Å². The van der Waals surface area contributed by atoms with Crippen molar-refractivity contribution in [3.05, 3.63) is 70.8 Å². The number of nitrogens with one attached hydrogen (secondary N) is 1. The third kappa shape index (κ3) is 7.37. The van der Waals surface area contributed by atoms with Gasteiger partial charge in [0.2, 0.25) is 5.91 Å². The molecule has 8 nitrogen and oxygen atoms in total. The van der Waals surface area contributed by atoms with Crippen LogP contribution in [0.4, 0.5) is 35.9 Å². The van der Waals surface area contributed by atoms with Crippen molar-refractivity contribution in [2.24, 2.45) is 5.92 Å². The van der Waals surface area contributed by atoms with Crippen LogP contribution in [0.3, 0.4) is 0 Å². The third-order valence-electron chi connectivity index (χ3n) is 8.75. The molecule has 2 aromatic rings. The van der Waals surface area contributed by atoms with E-state index in [0.717, 1.165) is 10.5 Å². The number of imide groups is 1. The van der Waals surface area contributed by atoms with E-state index in [4.69, 9.17) is 4.74 Å². The van der Waals surface area contributed by atoms with Crippen molar-refractivity contribution in [3.8, 4) is 0 Å². The van der Waals surface area contributed by atoms with E-state index in [9.17, 15) is 40.7 Å². The Kier molecular flexibility index (Phi) is 9.33. The van der Waals surface area contributed by atoms with E-state index in [1.54, 1.807) is 9.80 Å². The van der Waals surface area contributed by atoms with Gasteiger partial charge in [-0.3, -0.25) is 4.79 Å². The second-order valence-corrected chi connectivity index (χ2v) is 11.7. The van der Waals surface area contributed by atoms with Crippen LogP contribution in [0.25, 0.3) is 0 Å². The Morgan fingerprint density at radius 3 is 2.02 bits per heavy atom. The molecule has 0 aromatic heterocycles. The maximum atomic E-state index is 13.6. The van der Waals surface area contributed by atoms with Crippen LogP contribution in [0.5, 0.6) is 0 Å². The van der Waals surface area contributed by atoms with Gasteiger partial charge in [0.05, 0.1) is 23.3 Å². The van der Waals surface area contributed by atoms with E-state index in [2.05, 4.69) is 5.32 Å². The second kappa shape index (κ2) is 12.9. The van der Waals surface area contributed by atoms with Crippen molar-refractivity contribution >= 4 is 18.0 Å². The number of carbonyl (C=O) groups is 3. The summed E-state index contributed by atoms with van der Waals surface area (Å²) in [6.45, 7) is 3.33. The van der Waals surface area contributed by atoms with Crippen molar-refractivity contribution < 1.29 is 45.5 Å². The Hall–Kier alpha value is -3.81. The van der Waals surface area contributed by atoms with Gasteiger partial charge in [-0.2, -0.15) is 26.3 Å². The number of ether oxygens (including phenoxy) is 1. The Labute approximate surface area is 256 Å². The Morgan fingerprint density at radius 1 is 0.867 bits per heavy atom. The number of hydrogen-bond donors (Lipinski definition) is 1. The molecule has 3 aliphatic heterocycles. The summed E-state index contributed by atoms with van der Waals surface area (Å²) >= 11 is 0. The lowest BCUT2D eigenvalue weighted by Gasteiger charge is -2.42. The first-order valence-corrected chi connectivity index (χ1v) is 14.8. The fourth-order valence-electron chi connectivity index (χ4n) is 6.27. The van der Waals surface area contributed by atoms with Gasteiger partial charge in [-0.1, -0.05) is 30.3 Å². The summed E-state index contributed by atoms with van der Waals surface area (Å²) in [6, 6.07) is 9.79. The number of rotatable bonds is 5. The first kappa shape index (κ1) is 32.6. The Bertz CT molecular complexity index is 1360. The zero-order chi connectivity index (χ0) is 32.5. The number of hydrogen-bond acceptors (Lipinski definition) is 4. The van der Waals surface area contributed by atoms with Crippen molar-refractivity contribution in [2.45, 2.75) is 56.7 Å². The lowest BCUT2D eigenvalue weighted by atomic mass is 9.86. The smallest absolute Gasteiger partial charge is 0.370 e. The zero-order valence-corrected chi connectivity index (χ0v) is 24.5. The number of alkyl halides is 6. The summed E-state index contributed by atoms with van der Waals surface area (Å²) in [5, 5.41) is 2.60. The molecule has 5 amide bonds. The molecule has 0 spiro atoms. The van der Waals surface area contributed by atoms with Gasteiger partial charge in [-0.05, 0) is 55.5 Å². The minimum absolute atomic E-state index is 0.0823. The minimum atomic E-state index is -4.97. The number of piperidine rings is 2. The fraction of sp³-hybridized carbons (Fsp3) is 0.516. The molecular formula is C31H34F6N4O4. The molecule has 1 N–H and O–H groups in total. The van der Waals surface area contributed by atoms with E-state index in [0.29, 0.717) is 64.1 Å². The first-order valence-electron chi connectivity index (χ1n) is 14.8. The molecule has 3 saturated heterocycles. The lowest BCUT2D eigenvalue weighted by molar-refractivity contribution is -0.143. The minimum Gasteiger partial charge on any atom is -0.370 e. The monoisotopic (exact) mass is 640 g/mol. The van der Waals surface area contributed by atoms with Crippen molar-refractivity contribution in [2.75, 3.05) is 39.3 Å². The second-order valence-electron chi connectivity index (χ2n) is 11.7. The van der Waals surface area contributed by atoms with Crippen LogP contribution in [0, 0.1) is 5.92 Å². The summed E-state index contributed by atoms with van der Waals surface area (Å²) in [4.78, 5) is 42.7. The highest BCUT2D eigenvalue weighted by atomic mass is 19.4. The highest BCUT2D eigenvalue weighted by Crippen LogP contribution is 2.40. The van der Waals surface area contributed by atoms with Crippen molar-refractivity contribution in [1.82, 2.24) is 20.0 Å². The predicted molar refractivity (Wildman–Crippen MR) is 150 cm³/mol. The Morgan fingerprint density at radius 2 is 1.47 bits per heavy atom. The fourth-order valence-corrected chi connectivity index (χ4v) is 6.27. The number of amides is 5. The van der Waals surface area contributed by atoms with Crippen LogP contribution in [-0.4, -0.2) is 78.0 Å². The van der Waals surface area contributed by atoms with Crippen LogP contribution in [-0.2, 0) is 21.9 Å². The molecule has 244 valence electrons. The molecule has 3 fully saturated rings. The molecule has 3 aliphatic rings. The van der Waals surface area contributed by atoms with Crippen LogP contribution in [0.15, 0.2) is 48.5 Å². The van der Waals surface area contributed by atoms with E-state index in [1.165, 1.54) is 6.92 Å². The zero-order valence-electron chi connectivity index (χ0n) is 24.5. The molecule has 45 heavy (non-hydrogen) atoms. The number of urea groups is 2. The highest BCUT2D eigenvalue weighted by Gasteiger charge is 2.40. The normalized spacial score (nSPS) is 22.4. The van der Waals surface area contributed by atoms with Gasteiger partial charge >= 0.3 is 24.4 Å². The molecule has 0 radical (unpaired) electrons. The van der Waals surface area contributed by atoms with Gasteiger partial charge in [-0.15, -0.1) is 0 Å². The molecule has 0 bridgehead atoms. The van der Waals surface area contributed by atoms with Gasteiger partial charge < -0.3 is 19.9 Å². The number of halogens is 6. The standard InChI is InChI=1S/C31H34F6N4O4/c1-19(22-15-23(30(32,33)34)17-24(16-22)31(35,36)37)45-26-9-13-40(18-25(26)20-5-3-2-4-6-20)27(42)21-7-11-39(12-8-21)29(44)41-14-10-38-28(41)43/h2-6,15-17,19,21,25-26H,7-14,18H2,1H3,(H,38,43)/t19-,25+,26?/m1/s1. The summed E-state index contributed by atoms with van der Waals surface area (Å²) in [5.74, 6) is -0.795. The van der Waals surface area contributed by atoms with Gasteiger partial charge in [0.15, 0.2) is 0 Å². The lowest BCUT2D eigenvalue weighted by Crippen LogP contribution is -2.52. The summed E-state index contributed by atoms with van der Waals surface area (Å²) in [7, 11) is 0. The topological polar surface area (TPSA) is 82.2 Å². The average Bonchev–Trinajstić information content (AvgIpc) is 3.45.